The van der Waals surface area contributed by atoms with Crippen LogP contribution in [0.2, 0.25) is 0 Å². The molecule has 1 heterocycles. The van der Waals surface area contributed by atoms with Crippen molar-refractivity contribution in [2.75, 3.05) is 13.2 Å². The standard InChI is InChI=1S/C15H20O3/c16-15(7-2-1-3-8-15)13-6-4-5-12(11-13)14-17-9-10-18-14/h4-6,11,14,16H,1-3,7-10H2. The van der Waals surface area contributed by atoms with Crippen molar-refractivity contribution in [1.29, 1.82) is 0 Å². The first-order chi connectivity index (χ1) is 8.78. The van der Waals surface area contributed by atoms with Gasteiger partial charge in [-0.2, -0.15) is 0 Å². The molecule has 1 aromatic rings. The van der Waals surface area contributed by atoms with Gasteiger partial charge in [-0.15, -0.1) is 0 Å². The van der Waals surface area contributed by atoms with Gasteiger partial charge in [0, 0.05) is 5.56 Å². The summed E-state index contributed by atoms with van der Waals surface area (Å²) < 4.78 is 11.0. The maximum atomic E-state index is 10.7. The summed E-state index contributed by atoms with van der Waals surface area (Å²) in [5.74, 6) is 0. The number of hydrogen-bond acceptors (Lipinski definition) is 3. The van der Waals surface area contributed by atoms with Crippen molar-refractivity contribution in [2.24, 2.45) is 0 Å². The second-order valence-electron chi connectivity index (χ2n) is 5.29. The number of hydrogen-bond donors (Lipinski definition) is 1. The lowest BCUT2D eigenvalue weighted by atomic mass is 9.79. The highest BCUT2D eigenvalue weighted by Gasteiger charge is 2.31. The normalized spacial score (nSPS) is 24.3. The minimum atomic E-state index is -0.646. The number of benzene rings is 1. The molecule has 2 aliphatic rings. The highest BCUT2D eigenvalue weighted by atomic mass is 16.7. The summed E-state index contributed by atoms with van der Waals surface area (Å²) in [5.41, 5.74) is 1.38. The van der Waals surface area contributed by atoms with Gasteiger partial charge in [-0.05, 0) is 24.5 Å². The fourth-order valence-electron chi connectivity index (χ4n) is 2.95. The molecule has 0 radical (unpaired) electrons. The molecular formula is C15H20O3. The Morgan fingerprint density at radius 1 is 1.06 bits per heavy atom. The Labute approximate surface area is 108 Å². The summed E-state index contributed by atoms with van der Waals surface area (Å²) in [4.78, 5) is 0. The van der Waals surface area contributed by atoms with Gasteiger partial charge in [0.2, 0.25) is 0 Å². The molecule has 1 aliphatic heterocycles. The van der Waals surface area contributed by atoms with Crippen molar-refractivity contribution in [2.45, 2.75) is 44.0 Å². The van der Waals surface area contributed by atoms with Crippen LogP contribution in [-0.2, 0) is 15.1 Å². The summed E-state index contributed by atoms with van der Waals surface area (Å²) in [5, 5.41) is 10.7. The van der Waals surface area contributed by atoms with E-state index in [9.17, 15) is 5.11 Å². The summed E-state index contributed by atoms with van der Waals surface area (Å²) in [6, 6.07) is 8.05. The molecule has 3 heteroatoms. The van der Waals surface area contributed by atoms with E-state index >= 15 is 0 Å². The minimum absolute atomic E-state index is 0.253. The summed E-state index contributed by atoms with van der Waals surface area (Å²) in [6.07, 6.45) is 4.92. The smallest absolute Gasteiger partial charge is 0.184 e. The SMILES string of the molecule is OC1(c2cccc(C3OCCO3)c2)CCCCC1. The van der Waals surface area contributed by atoms with Gasteiger partial charge in [0.1, 0.15) is 0 Å². The molecule has 1 aromatic carbocycles. The number of aliphatic hydroxyl groups is 1. The van der Waals surface area contributed by atoms with Crippen molar-refractivity contribution in [3.8, 4) is 0 Å². The largest absolute Gasteiger partial charge is 0.385 e. The molecule has 1 N–H and O–H groups in total. The van der Waals surface area contributed by atoms with E-state index in [0.717, 1.165) is 36.8 Å². The minimum Gasteiger partial charge on any atom is -0.385 e. The van der Waals surface area contributed by atoms with Crippen LogP contribution in [0.25, 0.3) is 0 Å². The van der Waals surface area contributed by atoms with Crippen LogP contribution in [0.3, 0.4) is 0 Å². The Kier molecular flexibility index (Phi) is 3.37. The lowest BCUT2D eigenvalue weighted by Gasteiger charge is -2.33. The van der Waals surface area contributed by atoms with E-state index in [1.54, 1.807) is 0 Å². The lowest BCUT2D eigenvalue weighted by Crippen LogP contribution is -2.28. The van der Waals surface area contributed by atoms with Gasteiger partial charge in [0.05, 0.1) is 18.8 Å². The third-order valence-electron chi connectivity index (χ3n) is 4.00. The van der Waals surface area contributed by atoms with Gasteiger partial charge >= 0.3 is 0 Å². The van der Waals surface area contributed by atoms with Crippen LogP contribution in [0.1, 0.15) is 49.5 Å². The first kappa shape index (κ1) is 12.2. The molecule has 98 valence electrons. The van der Waals surface area contributed by atoms with Crippen molar-refractivity contribution < 1.29 is 14.6 Å². The average molecular weight is 248 g/mol. The van der Waals surface area contributed by atoms with Crippen molar-refractivity contribution in [3.63, 3.8) is 0 Å². The second kappa shape index (κ2) is 5.00. The van der Waals surface area contributed by atoms with E-state index in [2.05, 4.69) is 0 Å². The van der Waals surface area contributed by atoms with Crippen LogP contribution in [0.15, 0.2) is 24.3 Å². The molecule has 0 amide bonds. The van der Waals surface area contributed by atoms with Crippen LogP contribution in [0, 0.1) is 0 Å². The zero-order chi connectivity index (χ0) is 12.4. The third-order valence-corrected chi connectivity index (χ3v) is 4.00. The van der Waals surface area contributed by atoms with Crippen molar-refractivity contribution in [1.82, 2.24) is 0 Å². The van der Waals surface area contributed by atoms with Crippen LogP contribution in [0.5, 0.6) is 0 Å². The highest BCUT2D eigenvalue weighted by Crippen LogP contribution is 2.38. The summed E-state index contributed by atoms with van der Waals surface area (Å²) in [6.45, 7) is 1.30. The van der Waals surface area contributed by atoms with Crippen LogP contribution < -0.4 is 0 Å². The van der Waals surface area contributed by atoms with Gasteiger partial charge in [0.25, 0.3) is 0 Å². The van der Waals surface area contributed by atoms with Crippen molar-refractivity contribution >= 4 is 0 Å². The fraction of sp³-hybridized carbons (Fsp3) is 0.600. The van der Waals surface area contributed by atoms with E-state index in [4.69, 9.17) is 9.47 Å². The number of ether oxygens (including phenoxy) is 2. The van der Waals surface area contributed by atoms with E-state index in [1.165, 1.54) is 6.42 Å². The Morgan fingerprint density at radius 2 is 1.78 bits per heavy atom. The number of rotatable bonds is 2. The van der Waals surface area contributed by atoms with Crippen LogP contribution in [0.4, 0.5) is 0 Å². The van der Waals surface area contributed by atoms with Crippen molar-refractivity contribution in [3.05, 3.63) is 35.4 Å². The second-order valence-corrected chi connectivity index (χ2v) is 5.29. The molecular weight excluding hydrogens is 228 g/mol. The molecule has 0 spiro atoms. The third kappa shape index (κ3) is 2.30. The zero-order valence-corrected chi connectivity index (χ0v) is 10.6. The molecule has 3 rings (SSSR count). The molecule has 1 saturated carbocycles. The predicted octanol–water partition coefficient (Wildman–Crippen LogP) is 2.88. The topological polar surface area (TPSA) is 38.7 Å². The maximum Gasteiger partial charge on any atom is 0.184 e. The summed E-state index contributed by atoms with van der Waals surface area (Å²) >= 11 is 0. The highest BCUT2D eigenvalue weighted by molar-refractivity contribution is 5.29. The van der Waals surface area contributed by atoms with E-state index in [1.807, 2.05) is 24.3 Å². The van der Waals surface area contributed by atoms with E-state index < -0.39 is 5.60 Å². The Morgan fingerprint density at radius 3 is 2.50 bits per heavy atom. The molecule has 0 bridgehead atoms. The quantitative estimate of drug-likeness (QED) is 0.874. The Bertz CT molecular complexity index is 404. The Hall–Kier alpha value is -0.900. The molecule has 0 unspecified atom stereocenters. The lowest BCUT2D eigenvalue weighted by molar-refractivity contribution is -0.0448. The monoisotopic (exact) mass is 248 g/mol. The molecule has 2 fully saturated rings. The maximum absolute atomic E-state index is 10.7. The van der Waals surface area contributed by atoms with E-state index in [-0.39, 0.29) is 6.29 Å². The molecule has 1 aliphatic carbocycles. The molecule has 0 aromatic heterocycles. The van der Waals surface area contributed by atoms with Crippen LogP contribution in [-0.4, -0.2) is 18.3 Å². The average Bonchev–Trinajstić information content (AvgIpc) is 2.94. The fourth-order valence-corrected chi connectivity index (χ4v) is 2.95. The zero-order valence-electron chi connectivity index (χ0n) is 10.6. The first-order valence-electron chi connectivity index (χ1n) is 6.84. The molecule has 0 atom stereocenters. The van der Waals surface area contributed by atoms with Gasteiger partial charge in [-0.1, -0.05) is 37.5 Å². The molecule has 18 heavy (non-hydrogen) atoms. The summed E-state index contributed by atoms with van der Waals surface area (Å²) in [7, 11) is 0. The van der Waals surface area contributed by atoms with Gasteiger partial charge in [-0.25, -0.2) is 0 Å². The van der Waals surface area contributed by atoms with E-state index in [0.29, 0.717) is 13.2 Å². The molecule has 1 saturated heterocycles. The Balaban J connectivity index is 1.85. The van der Waals surface area contributed by atoms with Gasteiger partial charge in [0.15, 0.2) is 6.29 Å². The van der Waals surface area contributed by atoms with Gasteiger partial charge in [-0.3, -0.25) is 0 Å². The van der Waals surface area contributed by atoms with Gasteiger partial charge < -0.3 is 14.6 Å². The van der Waals surface area contributed by atoms with Crippen LogP contribution >= 0.6 is 0 Å². The first-order valence-corrected chi connectivity index (χ1v) is 6.84. The predicted molar refractivity (Wildman–Crippen MR) is 68.1 cm³/mol. The molecule has 3 nitrogen and oxygen atoms in total.